The number of hydrogen-bond donors (Lipinski definition) is 2. The minimum atomic E-state index is 0.728. The van der Waals surface area contributed by atoms with Gasteiger partial charge in [-0.15, -0.1) is 0 Å². The van der Waals surface area contributed by atoms with E-state index in [1.807, 2.05) is 24.3 Å². The van der Waals surface area contributed by atoms with Gasteiger partial charge in [0.2, 0.25) is 0 Å². The molecule has 0 saturated carbocycles. The second-order valence-electron chi connectivity index (χ2n) is 7.10. The molecular weight excluding hydrogens is 387 g/mol. The van der Waals surface area contributed by atoms with Crippen LogP contribution >= 0.6 is 23.2 Å². The quantitative estimate of drug-likeness (QED) is 0.280. The molecule has 4 aromatic carbocycles. The molecule has 0 amide bonds. The van der Waals surface area contributed by atoms with Crippen LogP contribution in [0, 0.1) is 0 Å². The van der Waals surface area contributed by atoms with Crippen LogP contribution in [0.2, 0.25) is 10.0 Å². The molecule has 6 aromatic rings. The predicted octanol–water partition coefficient (Wildman–Crippen LogP) is 7.93. The molecule has 0 fully saturated rings. The van der Waals surface area contributed by atoms with Crippen LogP contribution in [-0.2, 0) is 0 Å². The Morgan fingerprint density at radius 1 is 0.643 bits per heavy atom. The number of fused-ring (bicyclic) bond motifs is 5. The van der Waals surface area contributed by atoms with Gasteiger partial charge in [0.15, 0.2) is 0 Å². The summed E-state index contributed by atoms with van der Waals surface area (Å²) in [5.74, 6) is 0. The van der Waals surface area contributed by atoms with Crippen LogP contribution in [-0.4, -0.2) is 9.97 Å². The molecule has 2 heterocycles. The second-order valence-corrected chi connectivity index (χ2v) is 7.98. The maximum absolute atomic E-state index is 6.25. The van der Waals surface area contributed by atoms with Crippen molar-refractivity contribution in [2.75, 3.05) is 0 Å². The zero-order chi connectivity index (χ0) is 18.8. The number of benzene rings is 4. The van der Waals surface area contributed by atoms with Crippen LogP contribution in [0.25, 0.3) is 54.6 Å². The van der Waals surface area contributed by atoms with Gasteiger partial charge < -0.3 is 9.97 Å². The van der Waals surface area contributed by atoms with Gasteiger partial charge in [0.25, 0.3) is 0 Å². The summed E-state index contributed by atoms with van der Waals surface area (Å²) in [7, 11) is 0. The van der Waals surface area contributed by atoms with Crippen LogP contribution in [0.15, 0.2) is 72.9 Å². The van der Waals surface area contributed by atoms with E-state index in [1.54, 1.807) is 0 Å². The lowest BCUT2D eigenvalue weighted by molar-refractivity contribution is 1.48. The van der Waals surface area contributed by atoms with Crippen LogP contribution in [0.3, 0.4) is 0 Å². The van der Waals surface area contributed by atoms with E-state index >= 15 is 0 Å². The van der Waals surface area contributed by atoms with Gasteiger partial charge in [0.1, 0.15) is 0 Å². The van der Waals surface area contributed by atoms with Gasteiger partial charge in [-0.3, -0.25) is 0 Å². The maximum Gasteiger partial charge on any atom is 0.0480 e. The van der Waals surface area contributed by atoms with Crippen molar-refractivity contribution in [1.29, 1.82) is 0 Å². The van der Waals surface area contributed by atoms with Gasteiger partial charge in [-0.2, -0.15) is 0 Å². The summed E-state index contributed by atoms with van der Waals surface area (Å²) in [6.45, 7) is 0. The van der Waals surface area contributed by atoms with E-state index in [-0.39, 0.29) is 0 Å². The maximum atomic E-state index is 6.25. The van der Waals surface area contributed by atoms with Crippen molar-refractivity contribution in [2.45, 2.75) is 0 Å². The Labute approximate surface area is 170 Å². The molecule has 0 bridgehead atoms. The zero-order valence-corrected chi connectivity index (χ0v) is 16.2. The van der Waals surface area contributed by atoms with E-state index < -0.39 is 0 Å². The normalized spacial score (nSPS) is 11.9. The third-order valence-corrected chi connectivity index (χ3v) is 5.95. The van der Waals surface area contributed by atoms with Gasteiger partial charge in [0.05, 0.1) is 0 Å². The van der Waals surface area contributed by atoms with E-state index in [1.165, 1.54) is 32.7 Å². The number of rotatable bonds is 1. The fourth-order valence-corrected chi connectivity index (χ4v) is 4.64. The molecule has 2 N–H and O–H groups in total. The molecule has 6 rings (SSSR count). The van der Waals surface area contributed by atoms with Crippen molar-refractivity contribution < 1.29 is 0 Å². The lowest BCUT2D eigenvalue weighted by atomic mass is 9.93. The summed E-state index contributed by atoms with van der Waals surface area (Å²) >= 11 is 12.4. The first-order chi connectivity index (χ1) is 13.7. The van der Waals surface area contributed by atoms with Gasteiger partial charge in [-0.05, 0) is 41.1 Å². The van der Waals surface area contributed by atoms with E-state index in [9.17, 15) is 0 Å². The van der Waals surface area contributed by atoms with E-state index in [0.29, 0.717) is 0 Å². The van der Waals surface area contributed by atoms with Crippen molar-refractivity contribution in [2.24, 2.45) is 0 Å². The number of halogens is 2. The van der Waals surface area contributed by atoms with Crippen LogP contribution in [0.5, 0.6) is 0 Å². The molecule has 134 valence electrons. The molecule has 0 radical (unpaired) electrons. The molecule has 0 aliphatic heterocycles. The highest BCUT2D eigenvalue weighted by atomic mass is 35.5. The fourth-order valence-electron chi connectivity index (χ4n) is 4.29. The van der Waals surface area contributed by atoms with Crippen molar-refractivity contribution >= 4 is 66.7 Å². The number of aromatic nitrogens is 2. The first kappa shape index (κ1) is 16.1. The predicted molar refractivity (Wildman–Crippen MR) is 121 cm³/mol. The monoisotopic (exact) mass is 400 g/mol. The topological polar surface area (TPSA) is 31.6 Å². The first-order valence-corrected chi connectivity index (χ1v) is 9.84. The van der Waals surface area contributed by atoms with Gasteiger partial charge in [0, 0.05) is 60.1 Å². The lowest BCUT2D eigenvalue weighted by Crippen LogP contribution is -1.83. The summed E-state index contributed by atoms with van der Waals surface area (Å²) in [6.07, 6.45) is 2.08. The summed E-state index contributed by atoms with van der Waals surface area (Å²) in [4.78, 5) is 6.95. The Kier molecular flexibility index (Phi) is 3.31. The molecule has 0 aliphatic rings. The van der Waals surface area contributed by atoms with Gasteiger partial charge in [-0.25, -0.2) is 0 Å². The van der Waals surface area contributed by atoms with Crippen molar-refractivity contribution in [3.05, 3.63) is 83.0 Å². The Bertz CT molecular complexity index is 1540. The summed E-state index contributed by atoms with van der Waals surface area (Å²) < 4.78 is 0. The zero-order valence-electron chi connectivity index (χ0n) is 14.7. The highest BCUT2D eigenvalue weighted by Gasteiger charge is 2.17. The smallest absolute Gasteiger partial charge is 0.0480 e. The molecule has 28 heavy (non-hydrogen) atoms. The van der Waals surface area contributed by atoms with Crippen LogP contribution in [0.4, 0.5) is 0 Å². The first-order valence-electron chi connectivity index (χ1n) is 9.09. The van der Waals surface area contributed by atoms with Crippen LogP contribution < -0.4 is 0 Å². The van der Waals surface area contributed by atoms with Crippen molar-refractivity contribution in [1.82, 2.24) is 9.97 Å². The van der Waals surface area contributed by atoms with E-state index in [2.05, 4.69) is 58.6 Å². The summed E-state index contributed by atoms with van der Waals surface area (Å²) in [6, 6.07) is 22.8. The van der Waals surface area contributed by atoms with E-state index in [4.69, 9.17) is 23.2 Å². The second kappa shape index (κ2) is 5.78. The highest BCUT2D eigenvalue weighted by Crippen LogP contribution is 2.43. The summed E-state index contributed by atoms with van der Waals surface area (Å²) in [5.41, 5.74) is 5.57. The number of H-pyrrole nitrogens is 2. The van der Waals surface area contributed by atoms with Crippen molar-refractivity contribution in [3.8, 4) is 11.1 Å². The number of aromatic amines is 2. The molecule has 2 nitrogen and oxygen atoms in total. The number of hydrogen-bond acceptors (Lipinski definition) is 0. The fraction of sp³-hybridized carbons (Fsp3) is 0. The average molecular weight is 401 g/mol. The SMILES string of the molecule is Clc1ccc2c(-c3c4ccccc4cc4[nH]c5cc(Cl)ccc5c34)c[nH]c2c1. The van der Waals surface area contributed by atoms with E-state index in [0.717, 1.165) is 32.0 Å². The Balaban J connectivity index is 1.86. The van der Waals surface area contributed by atoms with Crippen LogP contribution in [0.1, 0.15) is 0 Å². The standard InChI is InChI=1S/C24H14Cl2N2/c25-14-5-7-17-19(12-27-20(17)10-14)23-16-4-2-1-3-13(16)9-22-24(23)18-8-6-15(26)11-21(18)28-22/h1-12,27-28H. The summed E-state index contributed by atoms with van der Waals surface area (Å²) in [5, 5.41) is 7.42. The third kappa shape index (κ3) is 2.22. The Morgan fingerprint density at radius 3 is 2.25 bits per heavy atom. The molecule has 0 aliphatic carbocycles. The molecular formula is C24H14Cl2N2. The lowest BCUT2D eigenvalue weighted by Gasteiger charge is -2.09. The average Bonchev–Trinajstić information content (AvgIpc) is 3.26. The number of nitrogens with one attached hydrogen (secondary N) is 2. The largest absolute Gasteiger partial charge is 0.360 e. The molecule has 0 unspecified atom stereocenters. The third-order valence-electron chi connectivity index (χ3n) is 5.48. The molecule has 0 spiro atoms. The van der Waals surface area contributed by atoms with Crippen molar-refractivity contribution in [3.63, 3.8) is 0 Å². The Hall–Kier alpha value is -2.94. The highest BCUT2D eigenvalue weighted by molar-refractivity contribution is 6.32. The minimum absolute atomic E-state index is 0.728. The molecule has 0 saturated heterocycles. The van der Waals surface area contributed by atoms with Gasteiger partial charge >= 0.3 is 0 Å². The molecule has 2 aromatic heterocycles. The minimum Gasteiger partial charge on any atom is -0.360 e. The molecule has 4 heteroatoms. The van der Waals surface area contributed by atoms with Gasteiger partial charge in [-0.1, -0.05) is 59.6 Å². The Morgan fingerprint density at radius 2 is 1.39 bits per heavy atom. The molecule has 0 atom stereocenters.